The monoisotopic (exact) mass is 284 g/mol. The molecule has 0 amide bonds. The van der Waals surface area contributed by atoms with Gasteiger partial charge in [-0.15, -0.1) is 0 Å². The molecule has 3 aromatic heterocycles. The zero-order valence-corrected chi connectivity index (χ0v) is 12.6. The molecular weight excluding hydrogens is 264 g/mol. The average Bonchev–Trinajstić information content (AvgIpc) is 3.15. The van der Waals surface area contributed by atoms with Crippen LogP contribution in [0.2, 0.25) is 0 Å². The molecule has 3 rings (SSSR count). The Morgan fingerprint density at radius 3 is 2.81 bits per heavy atom. The van der Waals surface area contributed by atoms with Gasteiger partial charge in [0.15, 0.2) is 5.82 Å². The first-order chi connectivity index (χ1) is 10.1. The molecule has 3 aromatic rings. The molecule has 0 aliphatic heterocycles. The number of aryl methyl sites for hydroxylation is 3. The predicted molar refractivity (Wildman–Crippen MR) is 80.7 cm³/mol. The topological polar surface area (TPSA) is 53.5 Å². The van der Waals surface area contributed by atoms with Gasteiger partial charge < -0.3 is 9.13 Å². The molecule has 6 heteroatoms. The molecule has 0 N–H and O–H groups in total. The van der Waals surface area contributed by atoms with Crippen LogP contribution in [0.25, 0.3) is 11.5 Å². The standard InChI is InChI=1S/C15H20N6/c1-12(2)21-11-16-9-14(21)15-17-5-7-20(15)6-4-13-8-18-19(3)10-13/h5,7-12H,4,6H2,1-3H3. The van der Waals surface area contributed by atoms with Crippen molar-refractivity contribution in [2.75, 3.05) is 0 Å². The summed E-state index contributed by atoms with van der Waals surface area (Å²) in [5, 5.41) is 4.20. The molecule has 6 nitrogen and oxygen atoms in total. The molecule has 0 spiro atoms. The van der Waals surface area contributed by atoms with Gasteiger partial charge in [-0.05, 0) is 25.8 Å². The third kappa shape index (κ3) is 2.74. The molecule has 0 radical (unpaired) electrons. The minimum Gasteiger partial charge on any atom is -0.329 e. The predicted octanol–water partition coefficient (Wildman–Crippen LogP) is 2.30. The van der Waals surface area contributed by atoms with E-state index in [0.717, 1.165) is 24.5 Å². The second-order valence-electron chi connectivity index (χ2n) is 5.50. The highest BCUT2D eigenvalue weighted by atomic mass is 15.2. The molecule has 0 saturated carbocycles. The Balaban J connectivity index is 1.82. The van der Waals surface area contributed by atoms with E-state index in [1.54, 1.807) is 0 Å². The van der Waals surface area contributed by atoms with Crippen molar-refractivity contribution >= 4 is 0 Å². The smallest absolute Gasteiger partial charge is 0.158 e. The van der Waals surface area contributed by atoms with E-state index >= 15 is 0 Å². The Morgan fingerprint density at radius 2 is 2.10 bits per heavy atom. The highest BCUT2D eigenvalue weighted by Gasteiger charge is 2.13. The van der Waals surface area contributed by atoms with Gasteiger partial charge in [0.05, 0.1) is 18.7 Å². The van der Waals surface area contributed by atoms with E-state index in [0.29, 0.717) is 6.04 Å². The van der Waals surface area contributed by atoms with Crippen LogP contribution in [-0.4, -0.2) is 28.9 Å². The van der Waals surface area contributed by atoms with E-state index in [4.69, 9.17) is 0 Å². The van der Waals surface area contributed by atoms with E-state index in [9.17, 15) is 0 Å². The van der Waals surface area contributed by atoms with Crippen LogP contribution >= 0.6 is 0 Å². The minimum atomic E-state index is 0.367. The second kappa shape index (κ2) is 5.55. The van der Waals surface area contributed by atoms with Gasteiger partial charge in [0.1, 0.15) is 5.69 Å². The first-order valence-corrected chi connectivity index (χ1v) is 7.16. The quantitative estimate of drug-likeness (QED) is 0.722. The Morgan fingerprint density at radius 1 is 1.24 bits per heavy atom. The van der Waals surface area contributed by atoms with Gasteiger partial charge in [0.25, 0.3) is 0 Å². The number of imidazole rings is 2. The first-order valence-electron chi connectivity index (χ1n) is 7.16. The normalized spacial score (nSPS) is 11.4. The van der Waals surface area contributed by atoms with Crippen LogP contribution in [0.4, 0.5) is 0 Å². The van der Waals surface area contributed by atoms with Crippen LogP contribution in [-0.2, 0) is 20.0 Å². The van der Waals surface area contributed by atoms with Gasteiger partial charge in [0.2, 0.25) is 0 Å². The molecule has 0 unspecified atom stereocenters. The van der Waals surface area contributed by atoms with Crippen LogP contribution in [0.5, 0.6) is 0 Å². The maximum absolute atomic E-state index is 4.50. The molecule has 0 bridgehead atoms. The van der Waals surface area contributed by atoms with Gasteiger partial charge in [-0.2, -0.15) is 5.10 Å². The fraction of sp³-hybridized carbons (Fsp3) is 0.400. The molecule has 0 fully saturated rings. The van der Waals surface area contributed by atoms with Crippen molar-refractivity contribution in [3.8, 4) is 11.5 Å². The van der Waals surface area contributed by atoms with Crippen LogP contribution < -0.4 is 0 Å². The number of hydrogen-bond donors (Lipinski definition) is 0. The van der Waals surface area contributed by atoms with E-state index in [2.05, 4.69) is 44.2 Å². The Bertz CT molecular complexity index is 718. The molecule has 0 saturated heterocycles. The molecular formula is C15H20N6. The zero-order valence-electron chi connectivity index (χ0n) is 12.6. The molecule has 0 aromatic carbocycles. The summed E-state index contributed by atoms with van der Waals surface area (Å²) in [7, 11) is 1.94. The van der Waals surface area contributed by atoms with E-state index in [1.165, 1.54) is 5.56 Å². The minimum absolute atomic E-state index is 0.367. The summed E-state index contributed by atoms with van der Waals surface area (Å²) in [4.78, 5) is 8.76. The Hall–Kier alpha value is -2.37. The van der Waals surface area contributed by atoms with Crippen molar-refractivity contribution in [2.45, 2.75) is 32.9 Å². The van der Waals surface area contributed by atoms with Gasteiger partial charge in [-0.1, -0.05) is 0 Å². The number of rotatable bonds is 5. The highest BCUT2D eigenvalue weighted by molar-refractivity contribution is 5.49. The van der Waals surface area contributed by atoms with E-state index < -0.39 is 0 Å². The lowest BCUT2D eigenvalue weighted by molar-refractivity contribution is 0.598. The summed E-state index contributed by atoms with van der Waals surface area (Å²) in [5.41, 5.74) is 2.29. The summed E-state index contributed by atoms with van der Waals surface area (Å²) in [5.74, 6) is 0.963. The maximum Gasteiger partial charge on any atom is 0.158 e. The molecule has 0 aliphatic rings. The second-order valence-corrected chi connectivity index (χ2v) is 5.50. The summed E-state index contributed by atoms with van der Waals surface area (Å²) in [6.07, 6.45) is 12.5. The summed E-state index contributed by atoms with van der Waals surface area (Å²) in [6.45, 7) is 5.17. The van der Waals surface area contributed by atoms with Crippen molar-refractivity contribution < 1.29 is 0 Å². The zero-order chi connectivity index (χ0) is 14.8. The van der Waals surface area contributed by atoms with Gasteiger partial charge in [-0.3, -0.25) is 4.68 Å². The maximum atomic E-state index is 4.50. The summed E-state index contributed by atoms with van der Waals surface area (Å²) >= 11 is 0. The number of aromatic nitrogens is 6. The van der Waals surface area contributed by atoms with Crippen molar-refractivity contribution in [1.82, 2.24) is 28.9 Å². The summed E-state index contributed by atoms with van der Waals surface area (Å²) < 4.78 is 6.14. The van der Waals surface area contributed by atoms with Crippen LogP contribution in [0.15, 0.2) is 37.3 Å². The third-order valence-corrected chi connectivity index (χ3v) is 3.57. The van der Waals surface area contributed by atoms with Gasteiger partial charge >= 0.3 is 0 Å². The lowest BCUT2D eigenvalue weighted by Crippen LogP contribution is -2.07. The third-order valence-electron chi connectivity index (χ3n) is 3.57. The summed E-state index contributed by atoms with van der Waals surface area (Å²) in [6, 6.07) is 0.367. The molecule has 3 heterocycles. The van der Waals surface area contributed by atoms with Gasteiger partial charge in [-0.25, -0.2) is 9.97 Å². The molecule has 0 atom stereocenters. The van der Waals surface area contributed by atoms with E-state index in [1.807, 2.05) is 42.8 Å². The Labute approximate surface area is 124 Å². The number of hydrogen-bond acceptors (Lipinski definition) is 3. The average molecular weight is 284 g/mol. The largest absolute Gasteiger partial charge is 0.329 e. The van der Waals surface area contributed by atoms with Gasteiger partial charge in [0, 0.05) is 38.2 Å². The fourth-order valence-electron chi connectivity index (χ4n) is 2.46. The molecule has 110 valence electrons. The fourth-order valence-corrected chi connectivity index (χ4v) is 2.46. The number of nitrogens with zero attached hydrogens (tertiary/aromatic N) is 6. The van der Waals surface area contributed by atoms with Crippen LogP contribution in [0.3, 0.4) is 0 Å². The van der Waals surface area contributed by atoms with Crippen molar-refractivity contribution in [2.24, 2.45) is 7.05 Å². The van der Waals surface area contributed by atoms with Crippen molar-refractivity contribution in [3.05, 3.63) is 42.9 Å². The van der Waals surface area contributed by atoms with Crippen LogP contribution in [0, 0.1) is 0 Å². The van der Waals surface area contributed by atoms with Crippen LogP contribution in [0.1, 0.15) is 25.5 Å². The van der Waals surface area contributed by atoms with Crippen molar-refractivity contribution in [3.63, 3.8) is 0 Å². The SMILES string of the molecule is CC(C)n1cncc1-c1nccn1CCc1cnn(C)c1. The Kier molecular flexibility index (Phi) is 3.60. The molecule has 21 heavy (non-hydrogen) atoms. The molecule has 0 aliphatic carbocycles. The lowest BCUT2D eigenvalue weighted by Gasteiger charge is -2.12. The highest BCUT2D eigenvalue weighted by Crippen LogP contribution is 2.21. The lowest BCUT2D eigenvalue weighted by atomic mass is 10.2. The van der Waals surface area contributed by atoms with E-state index in [-0.39, 0.29) is 0 Å². The first kappa shape index (κ1) is 13.6. The van der Waals surface area contributed by atoms with Crippen molar-refractivity contribution in [1.29, 1.82) is 0 Å².